The summed E-state index contributed by atoms with van der Waals surface area (Å²) in [6.45, 7) is 3.93. The SMILES string of the molecule is CC[C@@H]1CN2CC[C@@]34OCCO[C@@]3(Nc3cc(C(N)=O)cc(OC)c34)[C@@H]2C[C@@H]1/C(=C\OC)C(=O)CO. The minimum absolute atomic E-state index is 0.125. The zero-order chi connectivity index (χ0) is 25.7. The third-order valence-corrected chi connectivity index (χ3v) is 8.50. The summed E-state index contributed by atoms with van der Waals surface area (Å²) >= 11 is 0. The number of nitrogens with zero attached hydrogens (tertiary/aromatic N) is 1. The maximum Gasteiger partial charge on any atom is 0.248 e. The summed E-state index contributed by atoms with van der Waals surface area (Å²) in [6, 6.07) is 3.25. The minimum atomic E-state index is -0.952. The third kappa shape index (κ3) is 3.46. The number of anilines is 1. The van der Waals surface area contributed by atoms with E-state index in [4.69, 9.17) is 24.7 Å². The highest BCUT2D eigenvalue weighted by atomic mass is 16.6. The molecular formula is C26H35N3O7. The molecule has 36 heavy (non-hydrogen) atoms. The van der Waals surface area contributed by atoms with Crippen molar-refractivity contribution in [2.45, 2.75) is 43.6 Å². The number of piperidine rings is 2. The van der Waals surface area contributed by atoms with E-state index in [2.05, 4.69) is 17.1 Å². The molecule has 0 unspecified atom stereocenters. The quantitative estimate of drug-likeness (QED) is 0.374. The smallest absolute Gasteiger partial charge is 0.248 e. The van der Waals surface area contributed by atoms with Crippen molar-refractivity contribution < 1.29 is 33.6 Å². The summed E-state index contributed by atoms with van der Waals surface area (Å²) in [7, 11) is 3.08. The number of amides is 1. The molecule has 4 heterocycles. The Hall–Kier alpha value is -2.66. The summed E-state index contributed by atoms with van der Waals surface area (Å²) in [5, 5.41) is 13.3. The second kappa shape index (κ2) is 9.33. The highest BCUT2D eigenvalue weighted by Crippen LogP contribution is 2.61. The van der Waals surface area contributed by atoms with Gasteiger partial charge in [0.15, 0.2) is 11.5 Å². The topological polar surface area (TPSA) is 133 Å². The fourth-order valence-electron chi connectivity index (χ4n) is 6.98. The number of benzene rings is 1. The van der Waals surface area contributed by atoms with Gasteiger partial charge in [0, 0.05) is 29.9 Å². The van der Waals surface area contributed by atoms with Crippen LogP contribution in [-0.4, -0.2) is 80.6 Å². The second-order valence-corrected chi connectivity index (χ2v) is 10.0. The van der Waals surface area contributed by atoms with Crippen LogP contribution in [0.2, 0.25) is 0 Å². The minimum Gasteiger partial charge on any atom is -0.504 e. The van der Waals surface area contributed by atoms with Crippen LogP contribution in [0.25, 0.3) is 0 Å². The van der Waals surface area contributed by atoms with E-state index >= 15 is 0 Å². The number of carbonyl (C=O) groups excluding carboxylic acids is 2. The van der Waals surface area contributed by atoms with E-state index in [-0.39, 0.29) is 23.7 Å². The molecule has 4 aliphatic rings. The van der Waals surface area contributed by atoms with Gasteiger partial charge >= 0.3 is 0 Å². The first-order chi connectivity index (χ1) is 17.4. The van der Waals surface area contributed by atoms with Crippen LogP contribution in [0.5, 0.6) is 5.75 Å². The maximum atomic E-state index is 12.7. The molecule has 1 aromatic carbocycles. The van der Waals surface area contributed by atoms with Gasteiger partial charge in [-0.3, -0.25) is 14.5 Å². The summed E-state index contributed by atoms with van der Waals surface area (Å²) in [5.41, 5.74) is 6.21. The van der Waals surface area contributed by atoms with Crippen LogP contribution in [0.3, 0.4) is 0 Å². The Morgan fingerprint density at radius 2 is 2.08 bits per heavy atom. The molecule has 5 rings (SSSR count). The van der Waals surface area contributed by atoms with Gasteiger partial charge in [0.25, 0.3) is 0 Å². The van der Waals surface area contributed by atoms with Gasteiger partial charge in [0.2, 0.25) is 5.91 Å². The molecule has 0 spiro atoms. The largest absolute Gasteiger partial charge is 0.504 e. The van der Waals surface area contributed by atoms with E-state index in [1.54, 1.807) is 19.2 Å². The summed E-state index contributed by atoms with van der Waals surface area (Å²) in [5.74, 6) is -0.255. The van der Waals surface area contributed by atoms with Crippen molar-refractivity contribution in [1.29, 1.82) is 0 Å². The van der Waals surface area contributed by atoms with E-state index in [0.29, 0.717) is 48.6 Å². The Balaban J connectivity index is 1.63. The van der Waals surface area contributed by atoms with Crippen molar-refractivity contribution in [3.8, 4) is 5.75 Å². The Bertz CT molecular complexity index is 1090. The van der Waals surface area contributed by atoms with Crippen molar-refractivity contribution in [1.82, 2.24) is 4.90 Å². The predicted octanol–water partition coefficient (Wildman–Crippen LogP) is 1.37. The van der Waals surface area contributed by atoms with Crippen molar-refractivity contribution in [3.63, 3.8) is 0 Å². The van der Waals surface area contributed by atoms with Crippen LogP contribution in [0, 0.1) is 11.8 Å². The van der Waals surface area contributed by atoms with Gasteiger partial charge in [-0.15, -0.1) is 0 Å². The average Bonchev–Trinajstić information content (AvgIpc) is 3.21. The lowest BCUT2D eigenvalue weighted by molar-refractivity contribution is -0.297. The number of aliphatic hydroxyl groups is 1. The molecule has 0 aliphatic carbocycles. The molecule has 196 valence electrons. The van der Waals surface area contributed by atoms with Gasteiger partial charge < -0.3 is 35.1 Å². The van der Waals surface area contributed by atoms with Gasteiger partial charge in [-0.1, -0.05) is 13.3 Å². The van der Waals surface area contributed by atoms with Crippen LogP contribution < -0.4 is 15.8 Å². The lowest BCUT2D eigenvalue weighted by Crippen LogP contribution is -2.75. The molecule has 10 nitrogen and oxygen atoms in total. The summed E-state index contributed by atoms with van der Waals surface area (Å²) < 4.78 is 24.3. The number of ether oxygens (including phenoxy) is 4. The van der Waals surface area contributed by atoms with Crippen LogP contribution >= 0.6 is 0 Å². The average molecular weight is 502 g/mol. The Morgan fingerprint density at radius 1 is 1.31 bits per heavy atom. The van der Waals surface area contributed by atoms with Gasteiger partial charge in [0.1, 0.15) is 18.0 Å². The van der Waals surface area contributed by atoms with E-state index in [0.717, 1.165) is 25.1 Å². The number of hydrogen-bond acceptors (Lipinski definition) is 9. The second-order valence-electron chi connectivity index (χ2n) is 10.0. The maximum absolute atomic E-state index is 12.7. The van der Waals surface area contributed by atoms with E-state index < -0.39 is 23.8 Å². The summed E-state index contributed by atoms with van der Waals surface area (Å²) in [6.07, 6.45) is 3.64. The number of nitrogens with one attached hydrogen (secondary N) is 1. The van der Waals surface area contributed by atoms with Gasteiger partial charge in [-0.2, -0.15) is 0 Å². The predicted molar refractivity (Wildman–Crippen MR) is 130 cm³/mol. The molecule has 1 aromatic rings. The Labute approximate surface area is 210 Å². The highest BCUT2D eigenvalue weighted by molar-refractivity contribution is 5.96. The van der Waals surface area contributed by atoms with Crippen LogP contribution in [0.4, 0.5) is 5.69 Å². The van der Waals surface area contributed by atoms with Gasteiger partial charge in [-0.25, -0.2) is 0 Å². The molecule has 0 aromatic heterocycles. The first-order valence-electron chi connectivity index (χ1n) is 12.5. The number of nitrogens with two attached hydrogens (primary N) is 1. The molecule has 1 amide bonds. The number of ketones is 1. The zero-order valence-electron chi connectivity index (χ0n) is 21.0. The van der Waals surface area contributed by atoms with E-state index in [9.17, 15) is 14.7 Å². The number of carbonyl (C=O) groups is 2. The van der Waals surface area contributed by atoms with Gasteiger partial charge in [-0.05, 0) is 36.8 Å². The lowest BCUT2D eigenvalue weighted by atomic mass is 9.66. The van der Waals surface area contributed by atoms with Crippen LogP contribution in [-0.2, 0) is 24.6 Å². The number of aliphatic hydroxyl groups excluding tert-OH is 1. The number of methoxy groups -OCH3 is 2. The monoisotopic (exact) mass is 501 g/mol. The highest BCUT2D eigenvalue weighted by Gasteiger charge is 2.70. The molecular weight excluding hydrogens is 466 g/mol. The number of rotatable bonds is 7. The first kappa shape index (κ1) is 25.0. The number of primary amides is 1. The van der Waals surface area contributed by atoms with Crippen LogP contribution in [0.15, 0.2) is 24.0 Å². The molecule has 0 radical (unpaired) electrons. The standard InChI is InChI=1S/C26H35N3O7/c1-4-15-12-29-6-5-25-23-19(9-16(24(27)32)10-21(23)34-3)28-26(25,36-8-7-35-25)22(29)11-17(15)18(14-33-2)20(31)13-30/h9-10,14-15,17,22,28,30H,4-8,11-13H2,1-3H3,(H2,27,32)/b18-14+/t15-,17+,22+,25+,26+/m1/s1. The summed E-state index contributed by atoms with van der Waals surface area (Å²) in [4.78, 5) is 27.2. The molecule has 4 N–H and O–H groups in total. The molecule has 0 saturated carbocycles. The molecule has 3 saturated heterocycles. The molecule has 5 atom stereocenters. The Morgan fingerprint density at radius 3 is 2.75 bits per heavy atom. The first-order valence-corrected chi connectivity index (χ1v) is 12.5. The van der Waals surface area contributed by atoms with Crippen molar-refractivity contribution in [2.24, 2.45) is 17.6 Å². The molecule has 3 fully saturated rings. The lowest BCUT2D eigenvalue weighted by Gasteiger charge is -2.61. The zero-order valence-corrected chi connectivity index (χ0v) is 21.0. The number of fused-ring (bicyclic) bond motifs is 2. The van der Waals surface area contributed by atoms with Crippen molar-refractivity contribution >= 4 is 17.4 Å². The van der Waals surface area contributed by atoms with Gasteiger partial charge in [0.05, 0.1) is 45.3 Å². The van der Waals surface area contributed by atoms with Crippen molar-refractivity contribution in [3.05, 3.63) is 35.1 Å². The fraction of sp³-hybridized carbons (Fsp3) is 0.615. The fourth-order valence-corrected chi connectivity index (χ4v) is 6.98. The third-order valence-electron chi connectivity index (χ3n) is 8.50. The van der Waals surface area contributed by atoms with E-state index in [1.807, 2.05) is 0 Å². The van der Waals surface area contributed by atoms with Crippen molar-refractivity contribution in [2.75, 3.05) is 52.4 Å². The normalized spacial score (nSPS) is 33.4. The molecule has 4 aliphatic heterocycles. The number of Topliss-reactive ketones (excluding diaryl/α,β-unsaturated/α-hetero) is 1. The van der Waals surface area contributed by atoms with Crippen LogP contribution in [0.1, 0.15) is 42.1 Å². The molecule has 10 heteroatoms. The number of hydrogen-bond donors (Lipinski definition) is 3. The van der Waals surface area contributed by atoms with E-state index in [1.165, 1.54) is 13.4 Å². The molecule has 0 bridgehead atoms. The Kier molecular flexibility index (Phi) is 6.48.